The zero-order valence-electron chi connectivity index (χ0n) is 9.20. The van der Waals surface area contributed by atoms with E-state index in [2.05, 4.69) is 9.83 Å². The Morgan fingerprint density at radius 2 is 2.11 bits per heavy atom. The summed E-state index contributed by atoms with van der Waals surface area (Å²) in [5.41, 5.74) is 2.63. The van der Waals surface area contributed by atoms with Gasteiger partial charge in [0.2, 0.25) is 0 Å². The summed E-state index contributed by atoms with van der Waals surface area (Å²) in [6, 6.07) is 7.08. The van der Waals surface area contributed by atoms with Crippen LogP contribution in [0.15, 0.2) is 35.8 Å². The fourth-order valence-corrected chi connectivity index (χ4v) is 2.54. The van der Waals surface area contributed by atoms with Crippen molar-refractivity contribution in [1.29, 1.82) is 0 Å². The zero-order chi connectivity index (χ0) is 12.5. The van der Waals surface area contributed by atoms with E-state index in [-0.39, 0.29) is 0 Å². The molecule has 2 heterocycles. The summed E-state index contributed by atoms with van der Waals surface area (Å²) in [5.74, 6) is 0. The van der Waals surface area contributed by atoms with Crippen LogP contribution in [0, 0.1) is 6.57 Å². The third-order valence-corrected chi connectivity index (χ3v) is 3.44. The largest absolute Gasteiger partial charge is 0.296 e. The summed E-state index contributed by atoms with van der Waals surface area (Å²) < 4.78 is 1.77. The second kappa shape index (κ2) is 4.09. The molecule has 0 atom stereocenters. The van der Waals surface area contributed by atoms with Gasteiger partial charge in [-0.05, 0) is 0 Å². The Balaban J connectivity index is 2.21. The molecule has 0 saturated heterocycles. The van der Waals surface area contributed by atoms with Gasteiger partial charge in [-0.15, -0.1) is 11.3 Å². The maximum atomic E-state index is 11.2. The summed E-state index contributed by atoms with van der Waals surface area (Å²) in [6.07, 6.45) is 2.64. The molecule has 3 aromatic rings. The first-order valence-corrected chi connectivity index (χ1v) is 6.10. The number of carbonyl (C=O) groups is 1. The molecule has 0 saturated carbocycles. The molecule has 0 amide bonds. The minimum Gasteiger partial charge on any atom is -0.296 e. The van der Waals surface area contributed by atoms with Gasteiger partial charge in [0.15, 0.2) is 16.9 Å². The van der Waals surface area contributed by atoms with E-state index < -0.39 is 0 Å². The van der Waals surface area contributed by atoms with Gasteiger partial charge in [-0.2, -0.15) is 0 Å². The normalized spacial score (nSPS) is 10.4. The van der Waals surface area contributed by atoms with Crippen LogP contribution in [0.5, 0.6) is 0 Å². The monoisotopic (exact) mass is 253 g/mol. The Morgan fingerprint density at radius 3 is 2.78 bits per heavy atom. The van der Waals surface area contributed by atoms with E-state index in [1.54, 1.807) is 16.5 Å². The second-order valence-electron chi connectivity index (χ2n) is 3.68. The van der Waals surface area contributed by atoms with E-state index >= 15 is 0 Å². The predicted molar refractivity (Wildman–Crippen MR) is 70.2 cm³/mol. The van der Waals surface area contributed by atoms with Gasteiger partial charge in [-0.25, -0.2) is 9.83 Å². The summed E-state index contributed by atoms with van der Waals surface area (Å²) >= 11 is 1.48. The summed E-state index contributed by atoms with van der Waals surface area (Å²) in [6.45, 7) is 6.91. The molecular weight excluding hydrogens is 246 g/mol. The van der Waals surface area contributed by atoms with Crippen molar-refractivity contribution in [2.45, 2.75) is 0 Å². The Labute approximate surface area is 107 Å². The smallest absolute Gasteiger partial charge is 0.194 e. The van der Waals surface area contributed by atoms with Gasteiger partial charge in [-0.1, -0.05) is 24.3 Å². The average molecular weight is 253 g/mol. The highest BCUT2D eigenvalue weighted by atomic mass is 32.1. The number of thiazole rings is 1. The van der Waals surface area contributed by atoms with Crippen LogP contribution in [0.25, 0.3) is 21.1 Å². The third-order valence-electron chi connectivity index (χ3n) is 2.68. The summed E-state index contributed by atoms with van der Waals surface area (Å²) in [7, 11) is 0. The number of fused-ring (bicyclic) bond motifs is 1. The standard InChI is InChI=1S/C13H7N3OS/c1-14-10-4-2-9(3-5-10)12-11(8-17)16-6-7-18-13(16)15-12/h2-8H. The molecule has 86 valence electrons. The fraction of sp³-hybridized carbons (Fsp3) is 0. The van der Waals surface area contributed by atoms with Gasteiger partial charge in [0.05, 0.1) is 6.57 Å². The van der Waals surface area contributed by atoms with Gasteiger partial charge in [0, 0.05) is 17.1 Å². The summed E-state index contributed by atoms with van der Waals surface area (Å²) in [5, 5.41) is 1.89. The van der Waals surface area contributed by atoms with Crippen LogP contribution >= 0.6 is 11.3 Å². The molecule has 5 heteroatoms. The maximum absolute atomic E-state index is 11.2. The van der Waals surface area contributed by atoms with Gasteiger partial charge in [0.1, 0.15) is 11.4 Å². The third kappa shape index (κ3) is 1.51. The molecule has 0 aliphatic carbocycles. The van der Waals surface area contributed by atoms with Crippen molar-refractivity contribution in [1.82, 2.24) is 9.38 Å². The highest BCUT2D eigenvalue weighted by molar-refractivity contribution is 7.15. The highest BCUT2D eigenvalue weighted by Crippen LogP contribution is 2.27. The van der Waals surface area contributed by atoms with Crippen molar-refractivity contribution in [2.24, 2.45) is 0 Å². The van der Waals surface area contributed by atoms with Gasteiger partial charge in [0.25, 0.3) is 0 Å². The first-order valence-electron chi connectivity index (χ1n) is 5.22. The quantitative estimate of drug-likeness (QED) is 0.518. The lowest BCUT2D eigenvalue weighted by atomic mass is 10.1. The van der Waals surface area contributed by atoms with E-state index in [1.807, 2.05) is 23.7 Å². The van der Waals surface area contributed by atoms with E-state index in [0.29, 0.717) is 17.1 Å². The molecule has 0 radical (unpaired) electrons. The van der Waals surface area contributed by atoms with Crippen molar-refractivity contribution in [3.8, 4) is 11.3 Å². The van der Waals surface area contributed by atoms with Crippen LogP contribution in [0.4, 0.5) is 5.69 Å². The molecule has 0 bridgehead atoms. The minimum atomic E-state index is 0.543. The molecule has 18 heavy (non-hydrogen) atoms. The number of hydrogen-bond donors (Lipinski definition) is 0. The topological polar surface area (TPSA) is 38.7 Å². The maximum Gasteiger partial charge on any atom is 0.194 e. The Morgan fingerprint density at radius 1 is 1.33 bits per heavy atom. The number of aromatic nitrogens is 2. The Hall–Kier alpha value is -2.45. The average Bonchev–Trinajstić information content (AvgIpc) is 2.98. The number of rotatable bonds is 2. The first kappa shape index (κ1) is 10.7. The first-order chi connectivity index (χ1) is 8.83. The van der Waals surface area contributed by atoms with Crippen LogP contribution in [0.2, 0.25) is 0 Å². The Kier molecular flexibility index (Phi) is 2.43. The van der Waals surface area contributed by atoms with Crippen molar-refractivity contribution < 1.29 is 4.79 Å². The van der Waals surface area contributed by atoms with E-state index in [1.165, 1.54) is 11.3 Å². The molecule has 0 fully saturated rings. The molecule has 0 aliphatic heterocycles. The fourth-order valence-electron chi connectivity index (χ4n) is 1.82. The molecule has 0 spiro atoms. The molecule has 4 nitrogen and oxygen atoms in total. The number of hydrogen-bond acceptors (Lipinski definition) is 3. The molecule has 2 aromatic heterocycles. The minimum absolute atomic E-state index is 0.543. The summed E-state index contributed by atoms with van der Waals surface area (Å²) in [4.78, 5) is 19.8. The lowest BCUT2D eigenvalue weighted by Crippen LogP contribution is -1.89. The number of imidazole rings is 1. The molecule has 0 N–H and O–H groups in total. The van der Waals surface area contributed by atoms with Crippen molar-refractivity contribution >= 4 is 28.3 Å². The van der Waals surface area contributed by atoms with E-state index in [9.17, 15) is 4.79 Å². The second-order valence-corrected chi connectivity index (χ2v) is 4.55. The van der Waals surface area contributed by atoms with E-state index in [4.69, 9.17) is 6.57 Å². The lowest BCUT2D eigenvalue weighted by molar-refractivity contribution is 0.111. The van der Waals surface area contributed by atoms with E-state index in [0.717, 1.165) is 16.8 Å². The van der Waals surface area contributed by atoms with Crippen LogP contribution in [0.3, 0.4) is 0 Å². The molecule has 0 aliphatic rings. The van der Waals surface area contributed by atoms with Crippen LogP contribution < -0.4 is 0 Å². The van der Waals surface area contributed by atoms with Crippen molar-refractivity contribution in [2.75, 3.05) is 0 Å². The van der Waals surface area contributed by atoms with Crippen LogP contribution in [-0.2, 0) is 0 Å². The predicted octanol–water partition coefficient (Wildman–Crippen LogP) is 3.43. The number of carbonyl (C=O) groups excluding carboxylic acids is 1. The number of nitrogens with zero attached hydrogens (tertiary/aromatic N) is 3. The number of aldehydes is 1. The molecule has 3 rings (SSSR count). The van der Waals surface area contributed by atoms with Gasteiger partial charge < -0.3 is 0 Å². The SMILES string of the molecule is [C-]#[N+]c1ccc(-c2nc3sccn3c2C=O)cc1. The molecular formula is C13H7N3OS. The van der Waals surface area contributed by atoms with Crippen LogP contribution in [0.1, 0.15) is 10.5 Å². The van der Waals surface area contributed by atoms with Gasteiger partial charge >= 0.3 is 0 Å². The van der Waals surface area contributed by atoms with Crippen molar-refractivity contribution in [3.63, 3.8) is 0 Å². The van der Waals surface area contributed by atoms with Crippen LogP contribution in [-0.4, -0.2) is 15.7 Å². The van der Waals surface area contributed by atoms with Gasteiger partial charge in [-0.3, -0.25) is 9.20 Å². The highest BCUT2D eigenvalue weighted by Gasteiger charge is 2.13. The Bertz CT molecular complexity index is 762. The number of benzene rings is 1. The molecule has 1 aromatic carbocycles. The zero-order valence-corrected chi connectivity index (χ0v) is 10.0. The lowest BCUT2D eigenvalue weighted by Gasteiger charge is -1.98. The molecule has 0 unspecified atom stereocenters. The van der Waals surface area contributed by atoms with Crippen molar-refractivity contribution in [3.05, 3.63) is 53.0 Å².